The molecule has 0 aliphatic heterocycles. The average molecular weight is 484 g/mol. The van der Waals surface area contributed by atoms with Gasteiger partial charge in [0.1, 0.15) is 12.4 Å². The summed E-state index contributed by atoms with van der Waals surface area (Å²) in [6, 6.07) is 14.4. The lowest BCUT2D eigenvalue weighted by molar-refractivity contribution is -0.384. The van der Waals surface area contributed by atoms with E-state index in [2.05, 4.69) is 15.6 Å². The lowest BCUT2D eigenvalue weighted by Gasteiger charge is -2.12. The Kier molecular flexibility index (Phi) is 10.2. The molecule has 2 rings (SSSR count). The molecule has 27 heavy (non-hydrogen) atoms. The van der Waals surface area contributed by atoms with Crippen LogP contribution in [0, 0.1) is 17.0 Å². The molecule has 0 saturated heterocycles. The zero-order chi connectivity index (χ0) is 18.8. The topological polar surface area (TPSA) is 88.8 Å². The Balaban J connectivity index is 0.00000364. The molecule has 0 bridgehead atoms. The summed E-state index contributed by atoms with van der Waals surface area (Å²) in [7, 11) is 0. The van der Waals surface area contributed by atoms with Crippen LogP contribution in [0.1, 0.15) is 18.1 Å². The fourth-order valence-electron chi connectivity index (χ4n) is 2.25. The Morgan fingerprint density at radius 3 is 2.59 bits per heavy atom. The molecule has 0 aliphatic carbocycles. The van der Waals surface area contributed by atoms with E-state index in [1.165, 1.54) is 17.7 Å². The van der Waals surface area contributed by atoms with Crippen LogP contribution < -0.4 is 15.4 Å². The Morgan fingerprint density at radius 1 is 1.19 bits per heavy atom. The largest absolute Gasteiger partial charge is 0.492 e. The van der Waals surface area contributed by atoms with Gasteiger partial charge in [-0.2, -0.15) is 0 Å². The molecule has 0 aromatic heterocycles. The monoisotopic (exact) mass is 484 g/mol. The summed E-state index contributed by atoms with van der Waals surface area (Å²) < 4.78 is 5.67. The first-order valence-corrected chi connectivity index (χ1v) is 8.53. The summed E-state index contributed by atoms with van der Waals surface area (Å²) >= 11 is 0. The Bertz CT molecular complexity index is 751. The number of nitro groups is 1. The van der Waals surface area contributed by atoms with Gasteiger partial charge in [-0.25, -0.2) is 4.99 Å². The maximum atomic E-state index is 10.8. The first-order valence-electron chi connectivity index (χ1n) is 8.53. The second kappa shape index (κ2) is 12.1. The van der Waals surface area contributed by atoms with Gasteiger partial charge in [0, 0.05) is 18.7 Å². The van der Waals surface area contributed by atoms with Gasteiger partial charge < -0.3 is 15.4 Å². The van der Waals surface area contributed by atoms with Gasteiger partial charge in [-0.3, -0.25) is 10.1 Å². The fourth-order valence-corrected chi connectivity index (χ4v) is 2.25. The summed E-state index contributed by atoms with van der Waals surface area (Å²) in [5.74, 6) is 1.47. The van der Waals surface area contributed by atoms with Crippen LogP contribution in [-0.4, -0.2) is 30.6 Å². The van der Waals surface area contributed by atoms with Crippen molar-refractivity contribution in [2.45, 2.75) is 20.4 Å². The SMILES string of the molecule is CCNC(=NCc1cccc([N+](=O)[O-])c1)NCCOc1ccc(C)cc1.I. The van der Waals surface area contributed by atoms with Crippen molar-refractivity contribution in [3.8, 4) is 5.75 Å². The van der Waals surface area contributed by atoms with Crippen LogP contribution in [0.2, 0.25) is 0 Å². The third kappa shape index (κ3) is 8.25. The third-order valence-corrected chi connectivity index (χ3v) is 3.57. The number of benzene rings is 2. The quantitative estimate of drug-likeness (QED) is 0.149. The number of non-ortho nitro benzene ring substituents is 1. The van der Waals surface area contributed by atoms with Crippen LogP contribution in [0.3, 0.4) is 0 Å². The van der Waals surface area contributed by atoms with Crippen molar-refractivity contribution in [2.75, 3.05) is 19.7 Å². The molecule has 0 atom stereocenters. The number of aryl methyl sites for hydroxylation is 1. The van der Waals surface area contributed by atoms with Gasteiger partial charge in [0.2, 0.25) is 0 Å². The van der Waals surface area contributed by atoms with E-state index < -0.39 is 4.92 Å². The Hall–Kier alpha value is -2.36. The zero-order valence-electron chi connectivity index (χ0n) is 15.5. The highest BCUT2D eigenvalue weighted by Crippen LogP contribution is 2.13. The third-order valence-electron chi connectivity index (χ3n) is 3.57. The van der Waals surface area contributed by atoms with E-state index in [1.807, 2.05) is 44.2 Å². The second-order valence-electron chi connectivity index (χ2n) is 5.71. The summed E-state index contributed by atoms with van der Waals surface area (Å²) in [6.45, 7) is 6.19. The lowest BCUT2D eigenvalue weighted by atomic mass is 10.2. The van der Waals surface area contributed by atoms with Crippen LogP contribution in [0.5, 0.6) is 5.75 Å². The first-order chi connectivity index (χ1) is 12.6. The smallest absolute Gasteiger partial charge is 0.269 e. The number of ether oxygens (including phenoxy) is 1. The maximum absolute atomic E-state index is 10.8. The molecule has 0 amide bonds. The zero-order valence-corrected chi connectivity index (χ0v) is 17.8. The number of guanidine groups is 1. The van der Waals surface area contributed by atoms with E-state index in [0.717, 1.165) is 17.9 Å². The molecular formula is C19H25IN4O3. The Morgan fingerprint density at radius 2 is 1.93 bits per heavy atom. The van der Waals surface area contributed by atoms with E-state index in [-0.39, 0.29) is 29.7 Å². The predicted molar refractivity (Wildman–Crippen MR) is 118 cm³/mol. The van der Waals surface area contributed by atoms with Crippen molar-refractivity contribution in [3.05, 3.63) is 69.8 Å². The van der Waals surface area contributed by atoms with Crippen molar-refractivity contribution < 1.29 is 9.66 Å². The highest BCUT2D eigenvalue weighted by atomic mass is 127. The molecule has 2 N–H and O–H groups in total. The van der Waals surface area contributed by atoms with Crippen molar-refractivity contribution in [3.63, 3.8) is 0 Å². The number of halogens is 1. The molecule has 8 heteroatoms. The molecule has 7 nitrogen and oxygen atoms in total. The first kappa shape index (κ1) is 22.7. The predicted octanol–water partition coefficient (Wildman–Crippen LogP) is 3.66. The minimum absolute atomic E-state index is 0. The van der Waals surface area contributed by atoms with Gasteiger partial charge in [-0.1, -0.05) is 29.8 Å². The van der Waals surface area contributed by atoms with Gasteiger partial charge >= 0.3 is 0 Å². The van der Waals surface area contributed by atoms with Crippen LogP contribution >= 0.6 is 24.0 Å². The van der Waals surface area contributed by atoms with Crippen LogP contribution in [0.25, 0.3) is 0 Å². The molecule has 2 aromatic carbocycles. The van der Waals surface area contributed by atoms with E-state index in [9.17, 15) is 10.1 Å². The minimum Gasteiger partial charge on any atom is -0.492 e. The molecule has 146 valence electrons. The molecule has 0 radical (unpaired) electrons. The van der Waals surface area contributed by atoms with E-state index >= 15 is 0 Å². The molecule has 2 aromatic rings. The molecular weight excluding hydrogens is 459 g/mol. The van der Waals surface area contributed by atoms with E-state index in [0.29, 0.717) is 25.7 Å². The summed E-state index contributed by atoms with van der Waals surface area (Å²) in [5.41, 5.74) is 2.05. The minimum atomic E-state index is -0.404. The number of nitro benzene ring substituents is 1. The number of nitrogens with zero attached hydrogens (tertiary/aromatic N) is 2. The fraction of sp³-hybridized carbons (Fsp3) is 0.316. The van der Waals surface area contributed by atoms with E-state index in [1.54, 1.807) is 6.07 Å². The van der Waals surface area contributed by atoms with Gasteiger partial charge in [-0.15, -0.1) is 24.0 Å². The normalized spacial score (nSPS) is 10.7. The van der Waals surface area contributed by atoms with Crippen LogP contribution in [0.4, 0.5) is 5.69 Å². The van der Waals surface area contributed by atoms with Gasteiger partial charge in [0.05, 0.1) is 18.0 Å². The van der Waals surface area contributed by atoms with Crippen LogP contribution in [-0.2, 0) is 6.54 Å². The van der Waals surface area contributed by atoms with Crippen molar-refractivity contribution in [1.29, 1.82) is 0 Å². The summed E-state index contributed by atoms with van der Waals surface area (Å²) in [6.07, 6.45) is 0. The number of nitrogens with one attached hydrogen (secondary N) is 2. The van der Waals surface area contributed by atoms with Gasteiger partial charge in [0.25, 0.3) is 5.69 Å². The second-order valence-corrected chi connectivity index (χ2v) is 5.71. The standard InChI is InChI=1S/C19H24N4O3.HI/c1-3-20-19(21-11-12-26-18-9-7-15(2)8-10-18)22-14-16-5-4-6-17(13-16)23(24)25;/h4-10,13H,3,11-12,14H2,1-2H3,(H2,20,21,22);1H. The Labute approximate surface area is 176 Å². The van der Waals surface area contributed by atoms with Crippen molar-refractivity contribution in [2.24, 2.45) is 4.99 Å². The summed E-state index contributed by atoms with van der Waals surface area (Å²) in [4.78, 5) is 14.9. The number of rotatable bonds is 8. The van der Waals surface area contributed by atoms with Gasteiger partial charge in [0.15, 0.2) is 5.96 Å². The molecule has 0 fully saturated rings. The number of hydrogen-bond acceptors (Lipinski definition) is 4. The molecule has 0 saturated carbocycles. The molecule has 0 heterocycles. The summed E-state index contributed by atoms with van der Waals surface area (Å²) in [5, 5.41) is 17.2. The highest BCUT2D eigenvalue weighted by molar-refractivity contribution is 14.0. The maximum Gasteiger partial charge on any atom is 0.269 e. The number of hydrogen-bond donors (Lipinski definition) is 2. The van der Waals surface area contributed by atoms with Crippen molar-refractivity contribution >= 4 is 35.6 Å². The molecule has 0 spiro atoms. The lowest BCUT2D eigenvalue weighted by Crippen LogP contribution is -2.39. The number of aliphatic imine (C=N–C) groups is 1. The van der Waals surface area contributed by atoms with Crippen molar-refractivity contribution in [1.82, 2.24) is 10.6 Å². The molecule has 0 unspecified atom stereocenters. The van der Waals surface area contributed by atoms with Gasteiger partial charge in [-0.05, 0) is 31.5 Å². The highest BCUT2D eigenvalue weighted by Gasteiger charge is 2.05. The van der Waals surface area contributed by atoms with E-state index in [4.69, 9.17) is 4.74 Å². The van der Waals surface area contributed by atoms with Crippen LogP contribution in [0.15, 0.2) is 53.5 Å². The average Bonchev–Trinajstić information content (AvgIpc) is 2.64. The molecule has 0 aliphatic rings.